The minimum absolute atomic E-state index is 0.611. The molecule has 0 unspecified atom stereocenters. The van der Waals surface area contributed by atoms with Crippen molar-refractivity contribution in [2.45, 2.75) is 20.0 Å². The van der Waals surface area contributed by atoms with E-state index in [-0.39, 0.29) is 0 Å². The minimum atomic E-state index is 0.611. The fourth-order valence-electron chi connectivity index (χ4n) is 1.95. The van der Waals surface area contributed by atoms with Crippen molar-refractivity contribution in [2.24, 2.45) is 5.73 Å². The summed E-state index contributed by atoms with van der Waals surface area (Å²) in [6, 6.07) is 0. The van der Waals surface area contributed by atoms with Gasteiger partial charge in [-0.2, -0.15) is 0 Å². The Kier molecular flexibility index (Phi) is 3.36. The molecule has 2 heterocycles. The number of hydrogen-bond acceptors (Lipinski definition) is 5. The Labute approximate surface area is 95.6 Å². The maximum absolute atomic E-state index is 5.56. The molecule has 0 amide bonds. The number of nitrogens with two attached hydrogens (primary N) is 1. The van der Waals surface area contributed by atoms with Crippen LogP contribution in [0.3, 0.4) is 0 Å². The third-order valence-electron chi connectivity index (χ3n) is 2.74. The van der Waals surface area contributed by atoms with Crippen molar-refractivity contribution < 1.29 is 4.74 Å². The highest BCUT2D eigenvalue weighted by atomic mass is 16.5. The van der Waals surface area contributed by atoms with Crippen molar-refractivity contribution in [3.63, 3.8) is 0 Å². The molecule has 5 heteroatoms. The van der Waals surface area contributed by atoms with Crippen LogP contribution in [0.1, 0.15) is 17.1 Å². The average molecular weight is 222 g/mol. The van der Waals surface area contributed by atoms with E-state index in [0.717, 1.165) is 42.5 Å². The zero-order chi connectivity index (χ0) is 11.5. The fourth-order valence-corrected chi connectivity index (χ4v) is 1.95. The van der Waals surface area contributed by atoms with Crippen molar-refractivity contribution in [2.75, 3.05) is 31.6 Å². The molecule has 0 atom stereocenters. The highest BCUT2D eigenvalue weighted by Crippen LogP contribution is 2.24. The van der Waals surface area contributed by atoms with Gasteiger partial charge < -0.3 is 15.4 Å². The Balaban J connectivity index is 2.38. The van der Waals surface area contributed by atoms with Gasteiger partial charge in [0.2, 0.25) is 0 Å². The predicted molar refractivity (Wildman–Crippen MR) is 62.5 cm³/mol. The van der Waals surface area contributed by atoms with Crippen LogP contribution in [0.4, 0.5) is 5.82 Å². The Morgan fingerprint density at radius 3 is 3.00 bits per heavy atom. The van der Waals surface area contributed by atoms with Crippen LogP contribution < -0.4 is 10.6 Å². The first-order chi connectivity index (χ1) is 7.72. The molecule has 2 N–H and O–H groups in total. The van der Waals surface area contributed by atoms with E-state index in [2.05, 4.69) is 14.9 Å². The van der Waals surface area contributed by atoms with E-state index in [1.54, 1.807) is 0 Å². The van der Waals surface area contributed by atoms with Gasteiger partial charge in [0.25, 0.3) is 0 Å². The van der Waals surface area contributed by atoms with Crippen molar-refractivity contribution in [3.05, 3.63) is 17.1 Å². The first-order valence-electron chi connectivity index (χ1n) is 5.57. The smallest absolute Gasteiger partial charge is 0.137 e. The van der Waals surface area contributed by atoms with Crippen LogP contribution in [0.15, 0.2) is 0 Å². The second-order valence-corrected chi connectivity index (χ2v) is 4.03. The quantitative estimate of drug-likeness (QED) is 0.794. The summed E-state index contributed by atoms with van der Waals surface area (Å²) in [6.07, 6.45) is 0.877. The summed E-state index contributed by atoms with van der Waals surface area (Å²) < 4.78 is 5.47. The van der Waals surface area contributed by atoms with E-state index < -0.39 is 0 Å². The zero-order valence-corrected chi connectivity index (χ0v) is 9.86. The number of nitrogens with zero attached hydrogens (tertiary/aromatic N) is 3. The highest BCUT2D eigenvalue weighted by molar-refractivity contribution is 5.49. The largest absolute Gasteiger partial charge is 0.376 e. The predicted octanol–water partition coefficient (Wildman–Crippen LogP) is 0.253. The van der Waals surface area contributed by atoms with Gasteiger partial charge in [-0.25, -0.2) is 9.97 Å². The molecular weight excluding hydrogens is 204 g/mol. The second kappa shape index (κ2) is 4.76. The van der Waals surface area contributed by atoms with E-state index >= 15 is 0 Å². The summed E-state index contributed by atoms with van der Waals surface area (Å²) >= 11 is 0. The van der Waals surface area contributed by atoms with E-state index in [0.29, 0.717) is 13.2 Å². The molecule has 2 rings (SSSR count). The van der Waals surface area contributed by atoms with E-state index in [9.17, 15) is 0 Å². The Bertz CT molecular complexity index is 380. The van der Waals surface area contributed by atoms with Crippen molar-refractivity contribution in [1.29, 1.82) is 0 Å². The Hall–Kier alpha value is -1.20. The topological polar surface area (TPSA) is 64.3 Å². The number of fused-ring (bicyclic) bond motifs is 1. The Morgan fingerprint density at radius 1 is 1.44 bits per heavy atom. The Morgan fingerprint density at radius 2 is 2.25 bits per heavy atom. The molecule has 5 nitrogen and oxygen atoms in total. The number of anilines is 1. The van der Waals surface area contributed by atoms with Crippen LogP contribution in [0, 0.1) is 6.92 Å². The normalized spacial score (nSPS) is 14.7. The lowest BCUT2D eigenvalue weighted by molar-refractivity contribution is 0.109. The SMILES string of the molecule is Cc1nc2c(c(N(C)CCN)n1)COCC2. The molecule has 0 bridgehead atoms. The molecule has 0 fully saturated rings. The summed E-state index contributed by atoms with van der Waals surface area (Å²) in [6.45, 7) is 4.71. The fraction of sp³-hybridized carbons (Fsp3) is 0.636. The summed E-state index contributed by atoms with van der Waals surface area (Å²) in [5, 5.41) is 0. The van der Waals surface area contributed by atoms with E-state index in [4.69, 9.17) is 10.5 Å². The number of aromatic nitrogens is 2. The van der Waals surface area contributed by atoms with Gasteiger partial charge in [-0.3, -0.25) is 0 Å². The molecule has 0 radical (unpaired) electrons. The lowest BCUT2D eigenvalue weighted by Crippen LogP contribution is -2.29. The van der Waals surface area contributed by atoms with Gasteiger partial charge >= 0.3 is 0 Å². The standard InChI is InChI=1S/C11H18N4O/c1-8-13-10-3-6-16-7-9(10)11(14-8)15(2)5-4-12/h3-7,12H2,1-2H3. The maximum atomic E-state index is 5.56. The van der Waals surface area contributed by atoms with Crippen LogP contribution in [0.5, 0.6) is 0 Å². The summed E-state index contributed by atoms with van der Waals surface area (Å²) in [7, 11) is 2.00. The number of aryl methyl sites for hydroxylation is 1. The molecule has 88 valence electrons. The van der Waals surface area contributed by atoms with E-state index in [1.165, 1.54) is 0 Å². The van der Waals surface area contributed by atoms with Gasteiger partial charge in [0.05, 0.1) is 18.9 Å². The molecule has 0 spiro atoms. The molecule has 16 heavy (non-hydrogen) atoms. The van der Waals surface area contributed by atoms with Gasteiger partial charge in [-0.05, 0) is 6.92 Å². The van der Waals surface area contributed by atoms with Gasteiger partial charge in [-0.1, -0.05) is 0 Å². The average Bonchev–Trinajstić information content (AvgIpc) is 2.28. The van der Waals surface area contributed by atoms with Gasteiger partial charge in [0.1, 0.15) is 11.6 Å². The molecule has 0 saturated carbocycles. The zero-order valence-electron chi connectivity index (χ0n) is 9.86. The molecule has 0 aliphatic carbocycles. The van der Waals surface area contributed by atoms with Crippen molar-refractivity contribution in [3.8, 4) is 0 Å². The number of hydrogen-bond donors (Lipinski definition) is 1. The van der Waals surface area contributed by atoms with Crippen molar-refractivity contribution >= 4 is 5.82 Å². The van der Waals surface area contributed by atoms with Gasteiger partial charge in [0.15, 0.2) is 0 Å². The lowest BCUT2D eigenvalue weighted by atomic mass is 10.1. The third kappa shape index (κ3) is 2.15. The monoisotopic (exact) mass is 222 g/mol. The minimum Gasteiger partial charge on any atom is -0.376 e. The van der Waals surface area contributed by atoms with Crippen LogP contribution in [-0.2, 0) is 17.8 Å². The van der Waals surface area contributed by atoms with Crippen molar-refractivity contribution in [1.82, 2.24) is 9.97 Å². The maximum Gasteiger partial charge on any atom is 0.137 e. The third-order valence-corrected chi connectivity index (χ3v) is 2.74. The van der Waals surface area contributed by atoms with Gasteiger partial charge in [-0.15, -0.1) is 0 Å². The molecule has 0 aromatic carbocycles. The molecule has 1 aromatic rings. The second-order valence-electron chi connectivity index (χ2n) is 4.03. The molecule has 0 saturated heterocycles. The van der Waals surface area contributed by atoms with Crippen LogP contribution in [0.2, 0.25) is 0 Å². The van der Waals surface area contributed by atoms with Crippen LogP contribution >= 0.6 is 0 Å². The van der Waals surface area contributed by atoms with E-state index in [1.807, 2.05) is 14.0 Å². The first kappa shape index (κ1) is 11.3. The first-order valence-corrected chi connectivity index (χ1v) is 5.57. The number of likely N-dealkylation sites (N-methyl/N-ethyl adjacent to an activating group) is 1. The summed E-state index contributed by atoms with van der Waals surface area (Å²) in [4.78, 5) is 11.0. The van der Waals surface area contributed by atoms with Crippen LogP contribution in [0.25, 0.3) is 0 Å². The van der Waals surface area contributed by atoms with Gasteiger partial charge in [0, 0.05) is 32.1 Å². The molecule has 1 aliphatic rings. The number of ether oxygens (including phenoxy) is 1. The molecule has 1 aliphatic heterocycles. The molecule has 1 aromatic heterocycles. The summed E-state index contributed by atoms with van der Waals surface area (Å²) in [5.74, 6) is 1.78. The van der Waals surface area contributed by atoms with Crippen LogP contribution in [-0.4, -0.2) is 36.7 Å². The lowest BCUT2D eigenvalue weighted by Gasteiger charge is -2.24. The summed E-state index contributed by atoms with van der Waals surface area (Å²) in [5.41, 5.74) is 7.81. The number of rotatable bonds is 3. The molecular formula is C11H18N4O. The highest BCUT2D eigenvalue weighted by Gasteiger charge is 2.19.